The van der Waals surface area contributed by atoms with E-state index < -0.39 is 9.84 Å². The van der Waals surface area contributed by atoms with E-state index in [1.165, 1.54) is 0 Å². The maximum absolute atomic E-state index is 11.7. The first-order valence-corrected chi connectivity index (χ1v) is 10.4. The van der Waals surface area contributed by atoms with Crippen LogP contribution in [0, 0.1) is 0 Å². The number of hydrogen-bond donors (Lipinski definition) is 2. The number of hydrogen-bond acceptors (Lipinski definition) is 8. The number of aromatic nitrogens is 3. The van der Waals surface area contributed by atoms with E-state index in [4.69, 9.17) is 5.73 Å². The average molecular weight is 376 g/mol. The molecule has 1 aromatic carbocycles. The van der Waals surface area contributed by atoms with Crippen LogP contribution < -0.4 is 11.1 Å². The van der Waals surface area contributed by atoms with Crippen LogP contribution in [0.5, 0.6) is 0 Å². The minimum absolute atomic E-state index is 0.0183. The fraction of sp³-hybridized carbons (Fsp3) is 0.471. The van der Waals surface area contributed by atoms with Crippen molar-refractivity contribution in [3.8, 4) is 0 Å². The highest BCUT2D eigenvalue weighted by atomic mass is 32.2. The molecule has 1 aliphatic heterocycles. The first kappa shape index (κ1) is 18.5. The van der Waals surface area contributed by atoms with Gasteiger partial charge in [0.25, 0.3) is 0 Å². The first-order valence-electron chi connectivity index (χ1n) is 8.62. The number of nitrogens with zero attached hydrogens (tertiary/aromatic N) is 4. The number of sulfone groups is 1. The molecule has 0 unspecified atom stereocenters. The number of benzene rings is 1. The lowest BCUT2D eigenvalue weighted by atomic mass is 10.1. The van der Waals surface area contributed by atoms with E-state index in [0.29, 0.717) is 24.7 Å². The Morgan fingerprint density at radius 3 is 2.73 bits per heavy atom. The van der Waals surface area contributed by atoms with Crippen molar-refractivity contribution in [3.63, 3.8) is 0 Å². The minimum atomic E-state index is -2.93. The summed E-state index contributed by atoms with van der Waals surface area (Å²) in [6.07, 6.45) is 1.52. The predicted molar refractivity (Wildman–Crippen MR) is 102 cm³/mol. The van der Waals surface area contributed by atoms with Gasteiger partial charge < -0.3 is 11.1 Å². The summed E-state index contributed by atoms with van der Waals surface area (Å²) < 4.78 is 23.3. The Labute approximate surface area is 153 Å². The molecule has 0 spiro atoms. The Morgan fingerprint density at radius 2 is 2.04 bits per heavy atom. The predicted octanol–water partition coefficient (Wildman–Crippen LogP) is 1.38. The fourth-order valence-corrected chi connectivity index (χ4v) is 4.92. The number of anilines is 3. The standard InChI is InChI=1S/C17H24N6O2S/c1-3-12-6-4-5-7-14(12)19-17-21-15(20-16(18)22-17)10-23(2)13-8-9-26(24,25)11-13/h4-7,13H,3,8-11H2,1-2H3,(H3,18,19,20,21,22)/t13-/m0/s1. The van der Waals surface area contributed by atoms with E-state index in [1.54, 1.807) is 0 Å². The molecular weight excluding hydrogens is 352 g/mol. The zero-order valence-corrected chi connectivity index (χ0v) is 15.8. The molecule has 8 nitrogen and oxygen atoms in total. The lowest BCUT2D eigenvalue weighted by Gasteiger charge is -2.22. The highest BCUT2D eigenvalue weighted by molar-refractivity contribution is 7.91. The lowest BCUT2D eigenvalue weighted by Crippen LogP contribution is -2.33. The van der Waals surface area contributed by atoms with Gasteiger partial charge in [0.05, 0.1) is 18.1 Å². The van der Waals surface area contributed by atoms with Crippen molar-refractivity contribution in [1.82, 2.24) is 19.9 Å². The molecule has 0 amide bonds. The van der Waals surface area contributed by atoms with Gasteiger partial charge in [-0.15, -0.1) is 0 Å². The van der Waals surface area contributed by atoms with Gasteiger partial charge in [0.2, 0.25) is 11.9 Å². The third-order valence-electron chi connectivity index (χ3n) is 4.57. The van der Waals surface area contributed by atoms with Crippen LogP contribution in [0.4, 0.5) is 17.6 Å². The monoisotopic (exact) mass is 376 g/mol. The van der Waals surface area contributed by atoms with Gasteiger partial charge in [-0.2, -0.15) is 15.0 Å². The Hall–Kier alpha value is -2.26. The maximum Gasteiger partial charge on any atom is 0.232 e. The molecular formula is C17H24N6O2S. The molecule has 0 saturated carbocycles. The van der Waals surface area contributed by atoms with Crippen molar-refractivity contribution in [2.24, 2.45) is 0 Å². The second-order valence-corrected chi connectivity index (χ2v) is 8.77. The summed E-state index contributed by atoms with van der Waals surface area (Å²) in [5.41, 5.74) is 7.93. The summed E-state index contributed by atoms with van der Waals surface area (Å²) in [5, 5.41) is 3.20. The van der Waals surface area contributed by atoms with Crippen LogP contribution in [0.3, 0.4) is 0 Å². The van der Waals surface area contributed by atoms with Gasteiger partial charge in [0.15, 0.2) is 9.84 Å². The largest absolute Gasteiger partial charge is 0.368 e. The van der Waals surface area contributed by atoms with Crippen molar-refractivity contribution in [1.29, 1.82) is 0 Å². The van der Waals surface area contributed by atoms with Gasteiger partial charge in [0, 0.05) is 11.7 Å². The summed E-state index contributed by atoms with van der Waals surface area (Å²) in [6, 6.07) is 7.93. The van der Waals surface area contributed by atoms with Gasteiger partial charge in [-0.1, -0.05) is 25.1 Å². The molecule has 0 radical (unpaired) electrons. The number of nitrogens with two attached hydrogens (primary N) is 1. The molecule has 9 heteroatoms. The summed E-state index contributed by atoms with van der Waals surface area (Å²) >= 11 is 0. The molecule has 1 aliphatic rings. The second kappa shape index (κ2) is 7.55. The Balaban J connectivity index is 1.75. The first-order chi connectivity index (χ1) is 12.4. The van der Waals surface area contributed by atoms with Gasteiger partial charge in [0.1, 0.15) is 5.82 Å². The van der Waals surface area contributed by atoms with E-state index in [0.717, 1.165) is 17.7 Å². The van der Waals surface area contributed by atoms with E-state index in [1.807, 2.05) is 36.2 Å². The molecule has 1 aromatic heterocycles. The third kappa shape index (κ3) is 4.47. The van der Waals surface area contributed by atoms with Crippen LogP contribution >= 0.6 is 0 Å². The Morgan fingerprint density at radius 1 is 1.27 bits per heavy atom. The van der Waals surface area contributed by atoms with Gasteiger partial charge in [-0.25, -0.2) is 8.42 Å². The van der Waals surface area contributed by atoms with Crippen molar-refractivity contribution in [2.75, 3.05) is 29.6 Å². The molecule has 1 saturated heterocycles. The lowest BCUT2D eigenvalue weighted by molar-refractivity contribution is 0.248. The summed E-state index contributed by atoms with van der Waals surface area (Å²) in [5.74, 6) is 1.46. The van der Waals surface area contributed by atoms with Crippen LogP contribution in [0.15, 0.2) is 24.3 Å². The van der Waals surface area contributed by atoms with Crippen molar-refractivity contribution >= 4 is 27.4 Å². The van der Waals surface area contributed by atoms with Gasteiger partial charge in [-0.05, 0) is 31.5 Å². The number of nitrogens with one attached hydrogen (secondary N) is 1. The third-order valence-corrected chi connectivity index (χ3v) is 6.32. The Bertz CT molecular complexity index is 887. The number of para-hydroxylation sites is 1. The van der Waals surface area contributed by atoms with E-state index >= 15 is 0 Å². The fourth-order valence-electron chi connectivity index (χ4n) is 3.11. The van der Waals surface area contributed by atoms with Crippen LogP contribution in [0.25, 0.3) is 0 Å². The summed E-state index contributed by atoms with van der Waals surface area (Å²) in [7, 11) is -1.05. The minimum Gasteiger partial charge on any atom is -0.368 e. The normalized spacial score (nSPS) is 19.0. The molecule has 2 heterocycles. The number of nitrogen functional groups attached to an aromatic ring is 1. The van der Waals surface area contributed by atoms with Crippen molar-refractivity contribution in [2.45, 2.75) is 32.4 Å². The summed E-state index contributed by atoms with van der Waals surface area (Å²) in [6.45, 7) is 2.50. The van der Waals surface area contributed by atoms with E-state index in [-0.39, 0.29) is 23.5 Å². The Kier molecular flexibility index (Phi) is 5.38. The SMILES string of the molecule is CCc1ccccc1Nc1nc(N)nc(CN(C)[C@H]2CCS(=O)(=O)C2)n1. The molecule has 3 rings (SSSR count). The van der Waals surface area contributed by atoms with Crippen LogP contribution in [0.2, 0.25) is 0 Å². The number of rotatable bonds is 6. The van der Waals surface area contributed by atoms with E-state index in [2.05, 4.69) is 27.2 Å². The van der Waals surface area contributed by atoms with Crippen molar-refractivity contribution < 1.29 is 8.42 Å². The van der Waals surface area contributed by atoms with E-state index in [9.17, 15) is 8.42 Å². The maximum atomic E-state index is 11.7. The van der Waals surface area contributed by atoms with Gasteiger partial charge in [-0.3, -0.25) is 4.90 Å². The molecule has 1 fully saturated rings. The molecule has 3 N–H and O–H groups in total. The zero-order valence-electron chi connectivity index (χ0n) is 15.0. The highest BCUT2D eigenvalue weighted by Gasteiger charge is 2.30. The van der Waals surface area contributed by atoms with Gasteiger partial charge >= 0.3 is 0 Å². The molecule has 0 bridgehead atoms. The smallest absolute Gasteiger partial charge is 0.232 e. The topological polar surface area (TPSA) is 114 Å². The summed E-state index contributed by atoms with van der Waals surface area (Å²) in [4.78, 5) is 14.8. The molecule has 26 heavy (non-hydrogen) atoms. The highest BCUT2D eigenvalue weighted by Crippen LogP contribution is 2.21. The average Bonchev–Trinajstić information content (AvgIpc) is 2.95. The molecule has 0 aliphatic carbocycles. The molecule has 2 aromatic rings. The second-order valence-electron chi connectivity index (χ2n) is 6.54. The van der Waals surface area contributed by atoms with Crippen LogP contribution in [-0.4, -0.2) is 52.9 Å². The van der Waals surface area contributed by atoms with Crippen molar-refractivity contribution in [3.05, 3.63) is 35.7 Å². The molecule has 140 valence electrons. The number of aryl methyl sites for hydroxylation is 1. The zero-order chi connectivity index (χ0) is 18.7. The van der Waals surface area contributed by atoms with Crippen LogP contribution in [0.1, 0.15) is 24.7 Å². The molecule has 1 atom stereocenters. The quantitative estimate of drug-likeness (QED) is 0.777. The van der Waals surface area contributed by atoms with Crippen LogP contribution in [-0.2, 0) is 22.8 Å².